The van der Waals surface area contributed by atoms with Crippen LogP contribution in [0.5, 0.6) is 17.2 Å². The summed E-state index contributed by atoms with van der Waals surface area (Å²) in [5.41, 5.74) is 0.791. The second-order valence-electron chi connectivity index (χ2n) is 9.55. The van der Waals surface area contributed by atoms with E-state index in [4.69, 9.17) is 25.8 Å². The van der Waals surface area contributed by atoms with Crippen LogP contribution in [0.4, 0.5) is 0 Å². The highest BCUT2D eigenvalue weighted by atomic mass is 35.5. The lowest BCUT2D eigenvalue weighted by Crippen LogP contribution is -2.59. The molecular formula is C28H23ClN2O6. The largest absolute Gasteiger partial charge is 0.496 e. The van der Waals surface area contributed by atoms with Crippen LogP contribution in [0.25, 0.3) is 10.9 Å². The van der Waals surface area contributed by atoms with Gasteiger partial charge in [0.2, 0.25) is 23.1 Å². The standard InChI is InChI=1S/C28H23ClN2O6/c1-13-9-18-22(16(11-21(32)31-18)14-6-7-17-15(10-14)5-4-8-30-17)26(33)28(13)27(34)23-19(35-2)12-20(36-3)24(29)25(23)37-28/h4-8,10,12-13,16H,9,11H2,1-3H3,(H,31,32)/t13-,16?,28+/m1/s1. The third kappa shape index (κ3) is 3.21. The Morgan fingerprint density at radius 1 is 1.05 bits per heavy atom. The molecule has 0 saturated carbocycles. The van der Waals surface area contributed by atoms with E-state index in [-0.39, 0.29) is 46.6 Å². The topological polar surface area (TPSA) is 104 Å². The number of amides is 1. The van der Waals surface area contributed by atoms with Gasteiger partial charge in [-0.3, -0.25) is 19.4 Å². The molecule has 188 valence electrons. The van der Waals surface area contributed by atoms with E-state index in [9.17, 15) is 14.4 Å². The van der Waals surface area contributed by atoms with Crippen LogP contribution in [0.2, 0.25) is 5.02 Å². The minimum Gasteiger partial charge on any atom is -0.496 e. The Hall–Kier alpha value is -3.91. The number of carbonyl (C=O) groups excluding carboxylic acids is 3. The molecule has 1 unspecified atom stereocenters. The number of carbonyl (C=O) groups is 3. The Balaban J connectivity index is 1.50. The van der Waals surface area contributed by atoms with Gasteiger partial charge in [-0.1, -0.05) is 30.7 Å². The Bertz CT molecular complexity index is 1560. The predicted molar refractivity (Wildman–Crippen MR) is 135 cm³/mol. The summed E-state index contributed by atoms with van der Waals surface area (Å²) in [6.07, 6.45) is 2.05. The summed E-state index contributed by atoms with van der Waals surface area (Å²) in [7, 11) is 2.87. The minimum atomic E-state index is -1.83. The SMILES string of the molecule is COc1cc(OC)c2c(c1Cl)O[C@@]1(C(=O)C3=C(C[C@H]1C)NC(=O)CC3c1ccc3ncccc3c1)C2=O. The van der Waals surface area contributed by atoms with Gasteiger partial charge in [-0.05, 0) is 30.2 Å². The number of benzene rings is 2. The zero-order chi connectivity index (χ0) is 26.1. The Labute approximate surface area is 217 Å². The minimum absolute atomic E-state index is 0.0693. The molecule has 1 spiro atoms. The fourth-order valence-corrected chi connectivity index (χ4v) is 6.05. The van der Waals surface area contributed by atoms with Crippen molar-refractivity contribution in [1.29, 1.82) is 0 Å². The van der Waals surface area contributed by atoms with Crippen molar-refractivity contribution in [3.05, 3.63) is 70.0 Å². The molecule has 3 aromatic rings. The monoisotopic (exact) mass is 518 g/mol. The smallest absolute Gasteiger partial charge is 0.236 e. The van der Waals surface area contributed by atoms with Gasteiger partial charge in [-0.2, -0.15) is 0 Å². The molecule has 0 saturated heterocycles. The maximum absolute atomic E-state index is 14.4. The second kappa shape index (κ2) is 8.31. The lowest BCUT2D eigenvalue weighted by molar-refractivity contribution is -0.131. The highest BCUT2D eigenvalue weighted by Gasteiger charge is 2.63. The van der Waals surface area contributed by atoms with Crippen LogP contribution in [0.3, 0.4) is 0 Å². The normalized spacial score (nSPS) is 24.6. The van der Waals surface area contributed by atoms with E-state index in [0.717, 1.165) is 16.5 Å². The van der Waals surface area contributed by atoms with Crippen LogP contribution in [0, 0.1) is 5.92 Å². The molecule has 1 N–H and O–H groups in total. The number of halogens is 1. The molecule has 6 rings (SSSR count). The summed E-state index contributed by atoms with van der Waals surface area (Å²) in [6, 6.07) is 11.0. The number of nitrogens with one attached hydrogen (secondary N) is 1. The zero-order valence-corrected chi connectivity index (χ0v) is 21.1. The van der Waals surface area contributed by atoms with E-state index in [1.165, 1.54) is 20.3 Å². The van der Waals surface area contributed by atoms with Crippen LogP contribution in [0.15, 0.2) is 53.9 Å². The van der Waals surface area contributed by atoms with Crippen LogP contribution in [-0.4, -0.2) is 42.3 Å². The first-order chi connectivity index (χ1) is 17.8. The maximum atomic E-state index is 14.4. The summed E-state index contributed by atoms with van der Waals surface area (Å²) in [6.45, 7) is 1.76. The number of allylic oxidation sites excluding steroid dienone is 1. The van der Waals surface area contributed by atoms with E-state index in [1.54, 1.807) is 13.1 Å². The molecule has 9 heteroatoms. The summed E-state index contributed by atoms with van der Waals surface area (Å²) in [5.74, 6) is -1.73. The molecule has 0 bridgehead atoms. The molecule has 1 amide bonds. The average molecular weight is 519 g/mol. The van der Waals surface area contributed by atoms with Gasteiger partial charge in [0, 0.05) is 47.2 Å². The first kappa shape index (κ1) is 23.5. The van der Waals surface area contributed by atoms with Crippen molar-refractivity contribution in [1.82, 2.24) is 10.3 Å². The quantitative estimate of drug-likeness (QED) is 0.513. The summed E-state index contributed by atoms with van der Waals surface area (Å²) in [4.78, 5) is 45.5. The van der Waals surface area contributed by atoms with Crippen LogP contribution in [0.1, 0.15) is 41.6 Å². The van der Waals surface area contributed by atoms with Gasteiger partial charge in [0.05, 0.1) is 19.7 Å². The van der Waals surface area contributed by atoms with Crippen molar-refractivity contribution >= 4 is 40.0 Å². The molecule has 0 fully saturated rings. The Kier molecular flexibility index (Phi) is 5.28. The van der Waals surface area contributed by atoms with E-state index >= 15 is 0 Å². The lowest BCUT2D eigenvalue weighted by Gasteiger charge is -2.41. The van der Waals surface area contributed by atoms with E-state index in [2.05, 4.69) is 10.3 Å². The molecule has 3 heterocycles. The van der Waals surface area contributed by atoms with Crippen molar-refractivity contribution in [2.24, 2.45) is 5.92 Å². The Morgan fingerprint density at radius 3 is 2.59 bits per heavy atom. The van der Waals surface area contributed by atoms with Crippen molar-refractivity contribution < 1.29 is 28.6 Å². The van der Waals surface area contributed by atoms with Gasteiger partial charge < -0.3 is 19.5 Å². The second-order valence-corrected chi connectivity index (χ2v) is 9.93. The average Bonchev–Trinajstić information content (AvgIpc) is 3.21. The molecule has 3 atom stereocenters. The molecule has 8 nitrogen and oxygen atoms in total. The number of ether oxygens (including phenoxy) is 3. The van der Waals surface area contributed by atoms with Gasteiger partial charge in [0.15, 0.2) is 5.75 Å². The third-order valence-electron chi connectivity index (χ3n) is 7.59. The summed E-state index contributed by atoms with van der Waals surface area (Å²) >= 11 is 6.54. The lowest BCUT2D eigenvalue weighted by atomic mass is 9.66. The Morgan fingerprint density at radius 2 is 1.84 bits per heavy atom. The number of Topliss-reactive ketones (excluding diaryl/α,β-unsaturated/α-hetero) is 2. The number of methoxy groups -OCH3 is 2. The number of hydrogen-bond donors (Lipinski definition) is 1. The van der Waals surface area contributed by atoms with Crippen molar-refractivity contribution in [3.8, 4) is 17.2 Å². The van der Waals surface area contributed by atoms with Crippen LogP contribution in [-0.2, 0) is 9.59 Å². The number of rotatable bonds is 3. The summed E-state index contributed by atoms with van der Waals surface area (Å²) in [5, 5.41) is 3.87. The summed E-state index contributed by atoms with van der Waals surface area (Å²) < 4.78 is 17.1. The molecular weight excluding hydrogens is 496 g/mol. The molecule has 2 aliphatic heterocycles. The number of nitrogens with zero attached hydrogens (tertiary/aromatic N) is 1. The molecule has 2 aromatic carbocycles. The maximum Gasteiger partial charge on any atom is 0.236 e. The first-order valence-electron chi connectivity index (χ1n) is 11.9. The van der Waals surface area contributed by atoms with Gasteiger partial charge >= 0.3 is 0 Å². The number of hydrogen-bond acceptors (Lipinski definition) is 7. The van der Waals surface area contributed by atoms with Gasteiger partial charge in [-0.15, -0.1) is 0 Å². The molecule has 1 aromatic heterocycles. The highest BCUT2D eigenvalue weighted by Crippen LogP contribution is 2.55. The van der Waals surface area contributed by atoms with Crippen molar-refractivity contribution in [3.63, 3.8) is 0 Å². The molecule has 1 aliphatic carbocycles. The van der Waals surface area contributed by atoms with E-state index < -0.39 is 29.0 Å². The van der Waals surface area contributed by atoms with Gasteiger partial charge in [-0.25, -0.2) is 0 Å². The van der Waals surface area contributed by atoms with Crippen LogP contribution >= 0.6 is 11.6 Å². The molecule has 37 heavy (non-hydrogen) atoms. The van der Waals surface area contributed by atoms with E-state index in [1.807, 2.05) is 30.3 Å². The van der Waals surface area contributed by atoms with E-state index in [0.29, 0.717) is 11.3 Å². The predicted octanol–water partition coefficient (Wildman–Crippen LogP) is 4.39. The number of aromatic nitrogens is 1. The van der Waals surface area contributed by atoms with Gasteiger partial charge in [0.25, 0.3) is 0 Å². The fraction of sp³-hybridized carbons (Fsp3) is 0.286. The molecule has 3 aliphatic rings. The molecule has 0 radical (unpaired) electrons. The van der Waals surface area contributed by atoms with Gasteiger partial charge in [0.1, 0.15) is 22.1 Å². The fourth-order valence-electron chi connectivity index (χ4n) is 5.79. The first-order valence-corrected chi connectivity index (χ1v) is 12.3. The van der Waals surface area contributed by atoms with Crippen molar-refractivity contribution in [2.75, 3.05) is 14.2 Å². The van der Waals surface area contributed by atoms with Crippen LogP contribution < -0.4 is 19.5 Å². The van der Waals surface area contributed by atoms with Crippen molar-refractivity contribution in [2.45, 2.75) is 31.3 Å². The number of ketones is 2. The zero-order valence-electron chi connectivity index (χ0n) is 20.4. The highest BCUT2D eigenvalue weighted by molar-refractivity contribution is 6.36. The number of pyridine rings is 1. The number of fused-ring (bicyclic) bond motifs is 2. The third-order valence-corrected chi connectivity index (χ3v) is 7.95.